The van der Waals surface area contributed by atoms with Gasteiger partial charge in [0.15, 0.2) is 0 Å². The molecular weight excluding hydrogens is 930 g/mol. The molecule has 1 fully saturated rings. The molecule has 19 heteroatoms. The average molecular weight is 993 g/mol. The number of fused-ring (bicyclic) bond motifs is 5. The summed E-state index contributed by atoms with van der Waals surface area (Å²) in [4.78, 5) is 99.0. The molecular formula is C52H62ClN9O9. The molecule has 0 saturated carbocycles. The van der Waals surface area contributed by atoms with Crippen molar-refractivity contribution in [1.29, 1.82) is 0 Å². The summed E-state index contributed by atoms with van der Waals surface area (Å²) in [6.07, 6.45) is 2.19. The van der Waals surface area contributed by atoms with E-state index in [9.17, 15) is 43.8 Å². The van der Waals surface area contributed by atoms with Gasteiger partial charge in [0, 0.05) is 47.4 Å². The maximum atomic E-state index is 14.7. The lowest BCUT2D eigenvalue weighted by Crippen LogP contribution is -2.57. The number of aromatic hydroxyl groups is 2. The Morgan fingerprint density at radius 3 is 2.10 bits per heavy atom. The number of rotatable bonds is 16. The summed E-state index contributed by atoms with van der Waals surface area (Å²) in [7, 11) is 1.39. The zero-order chi connectivity index (χ0) is 51.7. The quantitative estimate of drug-likeness (QED) is 0.0733. The van der Waals surface area contributed by atoms with Gasteiger partial charge in [-0.15, -0.1) is 0 Å². The Labute approximate surface area is 417 Å². The molecule has 6 rings (SSSR count). The third-order valence-corrected chi connectivity index (χ3v) is 13.2. The number of likely N-dealkylation sites (N-methyl/N-ethyl adjacent to an activating group) is 1. The Morgan fingerprint density at radius 2 is 1.45 bits per heavy atom. The number of nitrogens with one attached hydrogen (secondary N) is 5. The van der Waals surface area contributed by atoms with Gasteiger partial charge in [-0.1, -0.05) is 54.6 Å². The van der Waals surface area contributed by atoms with Crippen molar-refractivity contribution in [1.82, 2.24) is 36.4 Å². The molecule has 4 aromatic rings. The molecule has 0 unspecified atom stereocenters. The van der Waals surface area contributed by atoms with Crippen LogP contribution >= 0.6 is 11.6 Å². The van der Waals surface area contributed by atoms with Gasteiger partial charge in [-0.05, 0) is 130 Å². The fourth-order valence-electron chi connectivity index (χ4n) is 8.75. The zero-order valence-electron chi connectivity index (χ0n) is 40.2. The maximum absolute atomic E-state index is 14.7. The van der Waals surface area contributed by atoms with Crippen LogP contribution in [0.15, 0.2) is 97.2 Å². The van der Waals surface area contributed by atoms with E-state index in [4.69, 9.17) is 23.1 Å². The van der Waals surface area contributed by atoms with Gasteiger partial charge in [0.1, 0.15) is 47.8 Å². The number of hydrogen-bond acceptors (Lipinski definition) is 11. The first-order valence-corrected chi connectivity index (χ1v) is 23.9. The van der Waals surface area contributed by atoms with Gasteiger partial charge >= 0.3 is 0 Å². The van der Waals surface area contributed by atoms with Gasteiger partial charge in [0.25, 0.3) is 5.91 Å². The van der Waals surface area contributed by atoms with Gasteiger partial charge in [-0.3, -0.25) is 33.6 Å². The highest BCUT2D eigenvalue weighted by atomic mass is 35.5. The van der Waals surface area contributed by atoms with Gasteiger partial charge in [0.2, 0.25) is 35.4 Å². The maximum Gasteiger partial charge on any atom is 0.251 e. The Kier molecular flexibility index (Phi) is 17.5. The molecule has 0 spiro atoms. The summed E-state index contributed by atoms with van der Waals surface area (Å²) >= 11 is 6.06. The Hall–Kier alpha value is -7.44. The van der Waals surface area contributed by atoms with Gasteiger partial charge in [-0.25, -0.2) is 0 Å². The molecule has 4 bridgehead atoms. The minimum atomic E-state index is -1.46. The number of carbonyl (C=O) groups is 7. The summed E-state index contributed by atoms with van der Waals surface area (Å²) in [5.41, 5.74) is 14.5. The van der Waals surface area contributed by atoms with Crippen LogP contribution in [0.1, 0.15) is 80.4 Å². The largest absolute Gasteiger partial charge is 0.507 e. The monoisotopic (exact) mass is 991 g/mol. The molecule has 7 atom stereocenters. The normalized spacial score (nSPS) is 19.2. The lowest BCUT2D eigenvalue weighted by atomic mass is 9.93. The van der Waals surface area contributed by atoms with E-state index in [1.165, 1.54) is 45.2 Å². The first-order chi connectivity index (χ1) is 33.8. The van der Waals surface area contributed by atoms with Crippen LogP contribution in [0.2, 0.25) is 5.02 Å². The Morgan fingerprint density at radius 1 is 0.831 bits per heavy atom. The molecule has 376 valence electrons. The standard InChI is InChI=1S/C52H62ClN9O9/c1-28(31(4)62-24-8-10-42(62)50(69)57-29(2)46(55)65)56-49(68)41-26-32-11-21-43(63)38(25-32)39-27-36(18-22-44(39)64)45(51(70)58-30(3)47(66)60-41)61(5)52(71)40(9-6-7-23-54)59-48(67)35-14-12-33(13-15-35)34-16-19-37(53)20-17-34/h11-22,25,27-30,40-42,45,63-64H,4,6-10,23-24,26,54H2,1-3,5H3,(H2,55,65)(H,56,68)(H,57,69)(H,58,70)(H,59,67)(H,60,66)/t28-,29-,30-,40-,41-,42-,45-/m0/s1. The highest BCUT2D eigenvalue weighted by molar-refractivity contribution is 6.30. The number of carbonyl (C=O) groups excluding carboxylic acids is 7. The van der Waals surface area contributed by atoms with Crippen LogP contribution < -0.4 is 38.1 Å². The molecule has 1 saturated heterocycles. The molecule has 2 aliphatic rings. The van der Waals surface area contributed by atoms with Crippen molar-refractivity contribution >= 4 is 53.0 Å². The number of unbranched alkanes of at least 4 members (excludes halogenated alkanes) is 1. The van der Waals surface area contributed by atoms with Crippen molar-refractivity contribution in [2.75, 3.05) is 20.1 Å². The molecule has 2 aliphatic heterocycles. The van der Waals surface area contributed by atoms with Gasteiger partial charge in [-0.2, -0.15) is 0 Å². The van der Waals surface area contributed by atoms with E-state index < -0.39 is 83.6 Å². The van der Waals surface area contributed by atoms with Crippen LogP contribution in [0.4, 0.5) is 0 Å². The number of likely N-dealkylation sites (tertiary alicyclic amines) is 1. The first-order valence-electron chi connectivity index (χ1n) is 23.5. The molecule has 18 nitrogen and oxygen atoms in total. The third-order valence-electron chi connectivity index (χ3n) is 12.9. The van der Waals surface area contributed by atoms with Gasteiger partial charge < -0.3 is 58.1 Å². The van der Waals surface area contributed by atoms with Crippen molar-refractivity contribution in [3.63, 3.8) is 0 Å². The van der Waals surface area contributed by atoms with E-state index in [2.05, 4.69) is 33.2 Å². The van der Waals surface area contributed by atoms with E-state index in [1.807, 2.05) is 12.1 Å². The number of phenolic OH excluding ortho intramolecular Hbond substituents is 2. The first kappa shape index (κ1) is 52.9. The Bertz CT molecular complexity index is 2660. The second kappa shape index (κ2) is 23.4. The van der Waals surface area contributed by atoms with Crippen LogP contribution in [0, 0.1) is 0 Å². The van der Waals surface area contributed by atoms with Crippen LogP contribution in [0.25, 0.3) is 22.3 Å². The molecule has 11 N–H and O–H groups in total. The van der Waals surface area contributed by atoms with E-state index >= 15 is 0 Å². The van der Waals surface area contributed by atoms with Crippen LogP contribution in [0.5, 0.6) is 11.5 Å². The second-order valence-corrected chi connectivity index (χ2v) is 18.5. The second-order valence-electron chi connectivity index (χ2n) is 18.1. The van der Waals surface area contributed by atoms with Crippen molar-refractivity contribution in [2.45, 2.75) is 102 Å². The fraction of sp³-hybridized carbons (Fsp3) is 0.365. The Balaban J connectivity index is 1.27. The predicted molar refractivity (Wildman–Crippen MR) is 268 cm³/mol. The van der Waals surface area contributed by atoms with Crippen molar-refractivity contribution in [3.8, 4) is 33.8 Å². The number of phenols is 2. The van der Waals surface area contributed by atoms with Crippen molar-refractivity contribution in [2.24, 2.45) is 11.5 Å². The molecule has 0 radical (unpaired) electrons. The topological polar surface area (TPSA) is 279 Å². The van der Waals surface area contributed by atoms with E-state index in [-0.39, 0.29) is 46.6 Å². The summed E-state index contributed by atoms with van der Waals surface area (Å²) < 4.78 is 0. The summed E-state index contributed by atoms with van der Waals surface area (Å²) in [5, 5.41) is 36.9. The molecule has 71 heavy (non-hydrogen) atoms. The summed E-state index contributed by atoms with van der Waals surface area (Å²) in [6.45, 7) is 9.54. The number of halogens is 1. The zero-order valence-corrected chi connectivity index (χ0v) is 40.9. The lowest BCUT2D eigenvalue weighted by molar-refractivity contribution is -0.141. The minimum Gasteiger partial charge on any atom is -0.507 e. The molecule has 0 aliphatic carbocycles. The number of nitrogens with zero attached hydrogens (tertiary/aromatic N) is 2. The van der Waals surface area contributed by atoms with E-state index in [0.29, 0.717) is 55.1 Å². The molecule has 2 heterocycles. The van der Waals surface area contributed by atoms with Crippen LogP contribution in [0.3, 0.4) is 0 Å². The number of benzene rings is 4. The van der Waals surface area contributed by atoms with Crippen LogP contribution in [-0.4, -0.2) is 118 Å². The predicted octanol–water partition coefficient (Wildman–Crippen LogP) is 3.53. The SMILES string of the molecule is C=C([C@H](C)NC(=O)[C@@H]1Cc2ccc(O)c(c2)-c2cc(ccc2O)[C@H](N(C)C(=O)[C@H](CCCCN)NC(=O)c2ccc(-c3ccc(Cl)cc3)cc2)C(=O)N[C@@H](C)C(=O)N1)N1CCC[C@H]1C(=O)N[C@@H](C)C(N)=O. The minimum absolute atomic E-state index is 0.102. The number of primary amides is 1. The number of nitrogens with two attached hydrogens (primary N) is 2. The van der Waals surface area contributed by atoms with E-state index in [1.54, 1.807) is 60.4 Å². The van der Waals surface area contributed by atoms with Crippen molar-refractivity contribution < 1.29 is 43.8 Å². The summed E-state index contributed by atoms with van der Waals surface area (Å²) in [6, 6.07) is 15.3. The number of hydrogen-bond donors (Lipinski definition) is 9. The average Bonchev–Trinajstić information content (AvgIpc) is 3.84. The highest BCUT2D eigenvalue weighted by Gasteiger charge is 2.38. The molecule has 0 aromatic heterocycles. The lowest BCUT2D eigenvalue weighted by Gasteiger charge is -2.33. The van der Waals surface area contributed by atoms with Gasteiger partial charge in [0.05, 0.1) is 6.04 Å². The summed E-state index contributed by atoms with van der Waals surface area (Å²) in [5.74, 6) is -4.98. The van der Waals surface area contributed by atoms with Crippen LogP contribution in [-0.2, 0) is 35.2 Å². The molecule has 4 aromatic carbocycles. The highest BCUT2D eigenvalue weighted by Crippen LogP contribution is 2.39. The fourth-order valence-corrected chi connectivity index (χ4v) is 8.87. The third kappa shape index (κ3) is 12.9. The van der Waals surface area contributed by atoms with E-state index in [0.717, 1.165) is 16.0 Å². The smallest absolute Gasteiger partial charge is 0.251 e. The van der Waals surface area contributed by atoms with Crippen molar-refractivity contribution in [3.05, 3.63) is 119 Å². The number of amides is 7. The molecule has 7 amide bonds.